The highest BCUT2D eigenvalue weighted by atomic mass is 79.9. The number of hydrazone groups is 1. The number of amides is 1. The van der Waals surface area contributed by atoms with Gasteiger partial charge in [-0.1, -0.05) is 65.7 Å². The molecule has 0 aliphatic carbocycles. The van der Waals surface area contributed by atoms with Crippen molar-refractivity contribution in [3.63, 3.8) is 0 Å². The van der Waals surface area contributed by atoms with Crippen LogP contribution in [0.3, 0.4) is 0 Å². The van der Waals surface area contributed by atoms with Crippen molar-refractivity contribution in [2.45, 2.75) is 6.61 Å². The van der Waals surface area contributed by atoms with Crippen LogP contribution in [-0.2, 0) is 6.61 Å². The van der Waals surface area contributed by atoms with Crippen LogP contribution in [0.4, 0.5) is 0 Å². The van der Waals surface area contributed by atoms with E-state index in [0.717, 1.165) is 21.3 Å². The maximum Gasteiger partial charge on any atom is 0.271 e. The zero-order chi connectivity index (χ0) is 22.5. The summed E-state index contributed by atoms with van der Waals surface area (Å²) in [5.74, 6) is 0.337. The van der Waals surface area contributed by atoms with E-state index in [0.29, 0.717) is 22.2 Å². The van der Waals surface area contributed by atoms with E-state index in [1.165, 1.54) is 16.8 Å². The van der Waals surface area contributed by atoms with Crippen molar-refractivity contribution < 1.29 is 9.53 Å². The van der Waals surface area contributed by atoms with Crippen molar-refractivity contribution >= 4 is 62.0 Å². The molecule has 1 amide bonds. The van der Waals surface area contributed by atoms with Crippen LogP contribution in [0.15, 0.2) is 88.4 Å². The van der Waals surface area contributed by atoms with Crippen molar-refractivity contribution in [1.29, 1.82) is 0 Å². The summed E-state index contributed by atoms with van der Waals surface area (Å²) in [6.45, 7) is 0.451. The number of fused-ring (bicyclic) bond motifs is 1. The van der Waals surface area contributed by atoms with Gasteiger partial charge in [0.15, 0.2) is 0 Å². The summed E-state index contributed by atoms with van der Waals surface area (Å²) >= 11 is 15.4. The minimum absolute atomic E-state index is 0.311. The molecule has 160 valence electrons. The number of benzene rings is 4. The molecule has 4 nitrogen and oxygen atoms in total. The second kappa shape index (κ2) is 10.2. The van der Waals surface area contributed by atoms with E-state index in [1.807, 2.05) is 36.4 Å². The summed E-state index contributed by atoms with van der Waals surface area (Å²) in [6.07, 6.45) is 1.55. The fourth-order valence-corrected chi connectivity index (χ4v) is 3.96. The van der Waals surface area contributed by atoms with Gasteiger partial charge < -0.3 is 4.74 Å². The standard InChI is InChI=1S/C25H17BrCl2N2O2/c26-21-12-16(14-29-30-25(31)18-9-10-22(27)23(28)13-18)8-11-24(21)32-15-19-6-3-5-17-4-1-2-7-20(17)19/h1-14H,15H2,(H,30,31)/b29-14-. The first-order chi connectivity index (χ1) is 15.5. The van der Waals surface area contributed by atoms with Gasteiger partial charge in [0.1, 0.15) is 12.4 Å². The molecule has 0 saturated carbocycles. The Morgan fingerprint density at radius 2 is 1.78 bits per heavy atom. The van der Waals surface area contributed by atoms with E-state index in [4.69, 9.17) is 27.9 Å². The summed E-state index contributed by atoms with van der Waals surface area (Å²) in [5.41, 5.74) is 4.76. The summed E-state index contributed by atoms with van der Waals surface area (Å²) in [7, 11) is 0. The second-order valence-corrected chi connectivity index (χ2v) is 8.61. The maximum atomic E-state index is 12.2. The van der Waals surface area contributed by atoms with Crippen LogP contribution in [0.2, 0.25) is 10.0 Å². The van der Waals surface area contributed by atoms with Crippen molar-refractivity contribution in [2.24, 2.45) is 5.10 Å². The number of hydrogen-bond acceptors (Lipinski definition) is 3. The summed E-state index contributed by atoms with van der Waals surface area (Å²) in [5, 5.41) is 7.06. The van der Waals surface area contributed by atoms with E-state index in [-0.39, 0.29) is 5.91 Å². The van der Waals surface area contributed by atoms with E-state index < -0.39 is 0 Å². The number of carbonyl (C=O) groups is 1. The second-order valence-electron chi connectivity index (χ2n) is 6.94. The highest BCUT2D eigenvalue weighted by Gasteiger charge is 2.08. The van der Waals surface area contributed by atoms with Gasteiger partial charge in [-0.2, -0.15) is 5.10 Å². The molecular formula is C25H17BrCl2N2O2. The third-order valence-corrected chi connectivity index (χ3v) is 6.14. The molecule has 4 aromatic carbocycles. The number of nitrogens with one attached hydrogen (secondary N) is 1. The lowest BCUT2D eigenvalue weighted by Gasteiger charge is -2.11. The predicted octanol–water partition coefficient (Wildman–Crippen LogP) is 7.25. The SMILES string of the molecule is O=C(N/N=C\c1ccc(OCc2cccc3ccccc23)c(Br)c1)c1ccc(Cl)c(Cl)c1. The molecule has 0 unspecified atom stereocenters. The molecule has 0 aliphatic heterocycles. The molecule has 0 aliphatic rings. The molecule has 0 atom stereocenters. The van der Waals surface area contributed by atoms with Gasteiger partial charge in [-0.3, -0.25) is 4.79 Å². The Morgan fingerprint density at radius 1 is 0.969 bits per heavy atom. The highest BCUT2D eigenvalue weighted by molar-refractivity contribution is 9.10. The molecule has 4 rings (SSSR count). The Morgan fingerprint density at radius 3 is 2.59 bits per heavy atom. The molecular weight excluding hydrogens is 511 g/mol. The number of nitrogens with zero attached hydrogens (tertiary/aromatic N) is 1. The number of carbonyl (C=O) groups excluding carboxylic acids is 1. The number of ether oxygens (including phenoxy) is 1. The minimum atomic E-state index is -0.381. The topological polar surface area (TPSA) is 50.7 Å². The molecule has 0 bridgehead atoms. The normalized spacial score (nSPS) is 11.1. The minimum Gasteiger partial charge on any atom is -0.488 e. The largest absolute Gasteiger partial charge is 0.488 e. The first kappa shape index (κ1) is 22.3. The van der Waals surface area contributed by atoms with Crippen LogP contribution in [0.1, 0.15) is 21.5 Å². The van der Waals surface area contributed by atoms with Gasteiger partial charge in [0, 0.05) is 5.56 Å². The van der Waals surface area contributed by atoms with Gasteiger partial charge in [-0.05, 0) is 74.2 Å². The number of rotatable bonds is 6. The Labute approximate surface area is 203 Å². The Balaban J connectivity index is 1.39. The lowest BCUT2D eigenvalue weighted by molar-refractivity contribution is 0.0955. The van der Waals surface area contributed by atoms with Crippen LogP contribution in [0.5, 0.6) is 5.75 Å². The van der Waals surface area contributed by atoms with Gasteiger partial charge in [0.05, 0.1) is 20.7 Å². The first-order valence-corrected chi connectivity index (χ1v) is 11.2. The first-order valence-electron chi connectivity index (χ1n) is 9.69. The predicted molar refractivity (Wildman–Crippen MR) is 134 cm³/mol. The van der Waals surface area contributed by atoms with Gasteiger partial charge >= 0.3 is 0 Å². The fourth-order valence-electron chi connectivity index (χ4n) is 3.16. The van der Waals surface area contributed by atoms with Crippen LogP contribution in [0.25, 0.3) is 10.8 Å². The summed E-state index contributed by atoms with van der Waals surface area (Å²) < 4.78 is 6.81. The van der Waals surface area contributed by atoms with E-state index in [1.54, 1.807) is 18.3 Å². The lowest BCUT2D eigenvalue weighted by atomic mass is 10.1. The third-order valence-electron chi connectivity index (χ3n) is 4.78. The maximum absolute atomic E-state index is 12.2. The van der Waals surface area contributed by atoms with Gasteiger partial charge in [-0.25, -0.2) is 5.43 Å². The molecule has 1 N–H and O–H groups in total. The Bertz CT molecular complexity index is 1320. The van der Waals surface area contributed by atoms with Crippen LogP contribution < -0.4 is 10.2 Å². The van der Waals surface area contributed by atoms with Crippen molar-refractivity contribution in [2.75, 3.05) is 0 Å². The average molecular weight is 528 g/mol. The molecule has 0 spiro atoms. The molecule has 32 heavy (non-hydrogen) atoms. The third kappa shape index (κ3) is 5.30. The molecule has 0 heterocycles. The Hall–Kier alpha value is -2.86. The van der Waals surface area contributed by atoms with Crippen LogP contribution in [-0.4, -0.2) is 12.1 Å². The molecule has 7 heteroatoms. The zero-order valence-electron chi connectivity index (χ0n) is 16.7. The van der Waals surface area contributed by atoms with Crippen molar-refractivity contribution in [3.8, 4) is 5.75 Å². The summed E-state index contributed by atoms with van der Waals surface area (Å²) in [6, 6.07) is 24.6. The van der Waals surface area contributed by atoms with Gasteiger partial charge in [0.25, 0.3) is 5.91 Å². The number of hydrogen-bond donors (Lipinski definition) is 1. The van der Waals surface area contributed by atoms with Gasteiger partial charge in [-0.15, -0.1) is 0 Å². The molecule has 0 aromatic heterocycles. The highest BCUT2D eigenvalue weighted by Crippen LogP contribution is 2.28. The van der Waals surface area contributed by atoms with E-state index >= 15 is 0 Å². The quantitative estimate of drug-likeness (QED) is 0.212. The average Bonchev–Trinajstić information content (AvgIpc) is 2.80. The molecule has 0 radical (unpaired) electrons. The van der Waals surface area contributed by atoms with Crippen LogP contribution >= 0.6 is 39.1 Å². The van der Waals surface area contributed by atoms with E-state index in [2.05, 4.69) is 50.7 Å². The van der Waals surface area contributed by atoms with Crippen molar-refractivity contribution in [3.05, 3.63) is 110 Å². The van der Waals surface area contributed by atoms with Crippen molar-refractivity contribution in [1.82, 2.24) is 5.43 Å². The van der Waals surface area contributed by atoms with Gasteiger partial charge in [0.2, 0.25) is 0 Å². The molecule has 0 fully saturated rings. The van der Waals surface area contributed by atoms with E-state index in [9.17, 15) is 4.79 Å². The molecule has 4 aromatic rings. The van der Waals surface area contributed by atoms with Crippen LogP contribution in [0, 0.1) is 0 Å². The lowest BCUT2D eigenvalue weighted by Crippen LogP contribution is -2.17. The fraction of sp³-hybridized carbons (Fsp3) is 0.0400. The Kier molecular flexibility index (Phi) is 7.10. The number of halogens is 3. The molecule has 0 saturated heterocycles. The monoisotopic (exact) mass is 526 g/mol. The summed E-state index contributed by atoms with van der Waals surface area (Å²) in [4.78, 5) is 12.2. The zero-order valence-corrected chi connectivity index (χ0v) is 19.8. The smallest absolute Gasteiger partial charge is 0.271 e.